The van der Waals surface area contributed by atoms with E-state index in [1.54, 1.807) is 24.4 Å². The minimum Gasteiger partial charge on any atom is -0.401 e. The number of alkyl halides is 3. The molecule has 12 heteroatoms. The molecule has 1 aliphatic carbocycles. The van der Waals surface area contributed by atoms with Crippen molar-refractivity contribution in [3.8, 4) is 22.8 Å². The third-order valence-electron chi connectivity index (χ3n) is 5.80. The summed E-state index contributed by atoms with van der Waals surface area (Å²) in [6.45, 7) is 0. The lowest BCUT2D eigenvalue weighted by atomic mass is 9.91. The number of anilines is 3. The number of halogens is 3. The van der Waals surface area contributed by atoms with E-state index >= 15 is 0 Å². The molecule has 184 valence electrons. The Kier molecular flexibility index (Phi) is 6.00. The van der Waals surface area contributed by atoms with Crippen LogP contribution < -0.4 is 16.0 Å². The van der Waals surface area contributed by atoms with Crippen molar-refractivity contribution in [2.75, 3.05) is 16.0 Å². The highest BCUT2D eigenvalue weighted by atomic mass is 19.4. The summed E-state index contributed by atoms with van der Waals surface area (Å²) in [5, 5.41) is 10.3. The first-order chi connectivity index (χ1) is 17.3. The normalized spacial score (nSPS) is 13.8. The van der Waals surface area contributed by atoms with Crippen LogP contribution in [0.1, 0.15) is 24.8 Å². The number of urea groups is 1. The van der Waals surface area contributed by atoms with Crippen molar-refractivity contribution in [2.45, 2.75) is 31.5 Å². The average molecular weight is 495 g/mol. The van der Waals surface area contributed by atoms with E-state index in [2.05, 4.69) is 25.5 Å². The molecule has 0 spiro atoms. The van der Waals surface area contributed by atoms with E-state index in [9.17, 15) is 18.0 Å². The number of nitrogens with one attached hydrogen (secondary N) is 1. The third-order valence-corrected chi connectivity index (χ3v) is 5.80. The minimum absolute atomic E-state index is 0.130. The number of benzene rings is 1. The Morgan fingerprint density at radius 2 is 1.89 bits per heavy atom. The second-order valence-corrected chi connectivity index (χ2v) is 8.20. The number of nitrogens with two attached hydrogens (primary N) is 1. The summed E-state index contributed by atoms with van der Waals surface area (Å²) in [6.07, 6.45) is -0.590. The van der Waals surface area contributed by atoms with E-state index in [4.69, 9.17) is 10.2 Å². The number of carbonyl (C=O) groups is 1. The summed E-state index contributed by atoms with van der Waals surface area (Å²) in [6, 6.07) is 12.1. The van der Waals surface area contributed by atoms with Gasteiger partial charge < -0.3 is 10.2 Å². The fourth-order valence-electron chi connectivity index (χ4n) is 3.77. The largest absolute Gasteiger partial charge is 0.416 e. The number of hydrogen-bond acceptors (Lipinski definition) is 7. The topological polar surface area (TPSA) is 123 Å². The maximum atomic E-state index is 13.3. The maximum Gasteiger partial charge on any atom is 0.416 e. The van der Waals surface area contributed by atoms with E-state index in [0.29, 0.717) is 18.5 Å². The van der Waals surface area contributed by atoms with Crippen molar-refractivity contribution in [3.05, 3.63) is 66.4 Å². The molecule has 0 bridgehead atoms. The van der Waals surface area contributed by atoms with Crippen LogP contribution in [0.2, 0.25) is 0 Å². The van der Waals surface area contributed by atoms with Crippen molar-refractivity contribution in [3.63, 3.8) is 0 Å². The van der Waals surface area contributed by atoms with Crippen LogP contribution in [0.15, 0.2) is 65.2 Å². The molecule has 1 saturated carbocycles. The molecule has 3 N–H and O–H groups in total. The Morgan fingerprint density at radius 1 is 1.06 bits per heavy atom. The number of aromatic nitrogens is 4. The molecule has 1 aliphatic rings. The van der Waals surface area contributed by atoms with Crippen molar-refractivity contribution in [1.82, 2.24) is 20.2 Å². The molecular formula is C24H20F3N7O2. The molecule has 0 saturated heterocycles. The Labute approximate surface area is 203 Å². The maximum absolute atomic E-state index is 13.3. The minimum atomic E-state index is -4.50. The Bertz CT molecular complexity index is 1390. The monoisotopic (exact) mass is 495 g/mol. The van der Waals surface area contributed by atoms with Crippen molar-refractivity contribution in [1.29, 1.82) is 0 Å². The third kappa shape index (κ3) is 4.69. The summed E-state index contributed by atoms with van der Waals surface area (Å²) in [5.41, 5.74) is 6.52. The lowest BCUT2D eigenvalue weighted by Gasteiger charge is -2.36. The van der Waals surface area contributed by atoms with Gasteiger partial charge in [0, 0.05) is 17.8 Å². The van der Waals surface area contributed by atoms with Gasteiger partial charge in [0.1, 0.15) is 5.69 Å². The van der Waals surface area contributed by atoms with Crippen LogP contribution in [0.4, 0.5) is 35.5 Å². The second kappa shape index (κ2) is 9.29. The number of nitrogen functional groups attached to an aromatic ring is 1. The molecule has 5 rings (SSSR count). The Morgan fingerprint density at radius 3 is 2.58 bits per heavy atom. The van der Waals surface area contributed by atoms with Gasteiger partial charge in [-0.2, -0.15) is 13.2 Å². The quantitative estimate of drug-likeness (QED) is 0.381. The number of rotatable bonds is 5. The van der Waals surface area contributed by atoms with Gasteiger partial charge in [0.2, 0.25) is 0 Å². The SMILES string of the molecule is Nc1ccc(-c2cccc(C(F)(F)F)c2)nc1N(C(=O)Nc1nnc(-c2ccccn2)o1)C1CCC1. The van der Waals surface area contributed by atoms with Gasteiger partial charge in [0.15, 0.2) is 5.82 Å². The predicted octanol–water partition coefficient (Wildman–Crippen LogP) is 5.39. The van der Waals surface area contributed by atoms with Gasteiger partial charge in [-0.15, -0.1) is 5.10 Å². The number of amides is 2. The first kappa shape index (κ1) is 23.3. The molecule has 1 fully saturated rings. The van der Waals surface area contributed by atoms with E-state index in [0.717, 1.165) is 18.6 Å². The van der Waals surface area contributed by atoms with Gasteiger partial charge in [0.25, 0.3) is 5.89 Å². The molecule has 4 aromatic rings. The van der Waals surface area contributed by atoms with E-state index < -0.39 is 17.8 Å². The predicted molar refractivity (Wildman–Crippen MR) is 126 cm³/mol. The van der Waals surface area contributed by atoms with Crippen molar-refractivity contribution < 1.29 is 22.4 Å². The first-order valence-corrected chi connectivity index (χ1v) is 11.1. The van der Waals surface area contributed by atoms with Gasteiger partial charge in [-0.1, -0.05) is 23.3 Å². The summed E-state index contributed by atoms with van der Waals surface area (Å²) in [5.74, 6) is 0.266. The number of nitrogens with zero attached hydrogens (tertiary/aromatic N) is 5. The van der Waals surface area contributed by atoms with Crippen LogP contribution in [0.5, 0.6) is 0 Å². The van der Waals surface area contributed by atoms with Crippen molar-refractivity contribution >= 4 is 23.6 Å². The van der Waals surface area contributed by atoms with Gasteiger partial charge >= 0.3 is 18.2 Å². The first-order valence-electron chi connectivity index (χ1n) is 11.1. The molecule has 3 heterocycles. The Balaban J connectivity index is 1.45. The summed E-state index contributed by atoms with van der Waals surface area (Å²) < 4.78 is 45.2. The molecule has 2 amide bonds. The van der Waals surface area contributed by atoms with Gasteiger partial charge in [-0.05, 0) is 55.7 Å². The highest BCUT2D eigenvalue weighted by Gasteiger charge is 2.34. The van der Waals surface area contributed by atoms with Crippen LogP contribution in [-0.4, -0.2) is 32.2 Å². The van der Waals surface area contributed by atoms with Crippen molar-refractivity contribution in [2.24, 2.45) is 0 Å². The zero-order valence-corrected chi connectivity index (χ0v) is 18.7. The van der Waals surface area contributed by atoms with Gasteiger partial charge in [0.05, 0.1) is 16.9 Å². The van der Waals surface area contributed by atoms with E-state index in [1.807, 2.05) is 0 Å². The number of hydrogen-bond donors (Lipinski definition) is 2. The van der Waals surface area contributed by atoms with E-state index in [-0.39, 0.29) is 40.7 Å². The Hall–Kier alpha value is -4.48. The number of carbonyl (C=O) groups excluding carboxylic acids is 1. The van der Waals surface area contributed by atoms with Gasteiger partial charge in [-0.3, -0.25) is 15.2 Å². The average Bonchev–Trinajstić information content (AvgIpc) is 3.30. The molecule has 36 heavy (non-hydrogen) atoms. The summed E-state index contributed by atoms with van der Waals surface area (Å²) in [4.78, 5) is 23.3. The zero-order chi connectivity index (χ0) is 25.3. The highest BCUT2D eigenvalue weighted by Crippen LogP contribution is 2.36. The summed E-state index contributed by atoms with van der Waals surface area (Å²) in [7, 11) is 0. The molecular weight excluding hydrogens is 475 g/mol. The smallest absolute Gasteiger partial charge is 0.401 e. The fourth-order valence-corrected chi connectivity index (χ4v) is 3.77. The van der Waals surface area contributed by atoms with Crippen LogP contribution in [0, 0.1) is 0 Å². The molecule has 0 atom stereocenters. The van der Waals surface area contributed by atoms with E-state index in [1.165, 1.54) is 29.2 Å². The van der Waals surface area contributed by atoms with Gasteiger partial charge in [-0.25, -0.2) is 9.78 Å². The van der Waals surface area contributed by atoms with Crippen LogP contribution in [0.3, 0.4) is 0 Å². The summed E-state index contributed by atoms with van der Waals surface area (Å²) >= 11 is 0. The molecule has 1 aromatic carbocycles. The van der Waals surface area contributed by atoms with Crippen LogP contribution in [0.25, 0.3) is 22.8 Å². The van der Waals surface area contributed by atoms with Crippen LogP contribution in [-0.2, 0) is 6.18 Å². The highest BCUT2D eigenvalue weighted by molar-refractivity contribution is 6.02. The number of pyridine rings is 2. The molecule has 9 nitrogen and oxygen atoms in total. The molecule has 0 aliphatic heterocycles. The molecule has 3 aromatic heterocycles. The zero-order valence-electron chi connectivity index (χ0n) is 18.7. The molecule has 0 unspecified atom stereocenters. The fraction of sp³-hybridized carbons (Fsp3) is 0.208. The van der Waals surface area contributed by atoms with Crippen LogP contribution >= 0.6 is 0 Å². The lowest BCUT2D eigenvalue weighted by molar-refractivity contribution is -0.137. The lowest BCUT2D eigenvalue weighted by Crippen LogP contribution is -2.47. The standard InChI is InChI=1S/C24H20F3N7O2/c25-24(26,27)15-6-3-5-14(13-15)18-11-10-17(28)20(30-18)34(16-7-4-8-16)23(35)31-22-33-32-21(36-22)19-9-1-2-12-29-19/h1-3,5-6,9-13,16H,4,7-8,28H2,(H,31,33,35). The molecule has 0 radical (unpaired) electrons. The second-order valence-electron chi connectivity index (χ2n) is 8.20.